The van der Waals surface area contributed by atoms with Crippen LogP contribution in [0.15, 0.2) is 0 Å². The van der Waals surface area contributed by atoms with Crippen LogP contribution in [0.5, 0.6) is 0 Å². The van der Waals surface area contributed by atoms with Gasteiger partial charge in [0.2, 0.25) is 0 Å². The quantitative estimate of drug-likeness (QED) is 0.499. The van der Waals surface area contributed by atoms with E-state index in [2.05, 4.69) is 4.74 Å². The molecule has 6 nitrogen and oxygen atoms in total. The third-order valence-corrected chi connectivity index (χ3v) is 1.64. The maximum Gasteiger partial charge on any atom is 0.422 e. The van der Waals surface area contributed by atoms with Crippen LogP contribution in [0.3, 0.4) is 0 Å². The molecule has 0 radical (unpaired) electrons. The molecule has 0 aromatic heterocycles. The Hall–Kier alpha value is -1.06. The van der Waals surface area contributed by atoms with E-state index in [9.17, 15) is 18.0 Å². The summed E-state index contributed by atoms with van der Waals surface area (Å²) in [5.74, 6) is 0. The number of aliphatic hydroxyl groups is 3. The molecule has 0 rings (SSSR count). The van der Waals surface area contributed by atoms with Crippen LogP contribution >= 0.6 is 0 Å². The van der Waals surface area contributed by atoms with Crippen molar-refractivity contribution >= 4 is 6.09 Å². The highest BCUT2D eigenvalue weighted by Crippen LogP contribution is 2.14. The zero-order valence-corrected chi connectivity index (χ0v) is 8.12. The standard InChI is InChI=1S/C7H12F3NO5/c8-7(9,10)4-16-5(15)11-6(1-12,2-13)3-14/h12-14H,1-4H2,(H,11,15). The second-order valence-electron chi connectivity index (χ2n) is 3.07. The van der Waals surface area contributed by atoms with Crippen molar-refractivity contribution in [3.63, 3.8) is 0 Å². The number of hydrogen-bond acceptors (Lipinski definition) is 5. The van der Waals surface area contributed by atoms with E-state index in [0.29, 0.717) is 0 Å². The topological polar surface area (TPSA) is 99.0 Å². The number of hydrogen-bond donors (Lipinski definition) is 4. The fourth-order valence-corrected chi connectivity index (χ4v) is 0.669. The number of carbonyl (C=O) groups is 1. The van der Waals surface area contributed by atoms with E-state index in [-0.39, 0.29) is 0 Å². The van der Waals surface area contributed by atoms with E-state index in [1.165, 1.54) is 0 Å². The van der Waals surface area contributed by atoms with Gasteiger partial charge in [0.1, 0.15) is 5.54 Å². The molecular formula is C7H12F3NO5. The molecule has 0 aromatic rings. The third-order valence-electron chi connectivity index (χ3n) is 1.64. The van der Waals surface area contributed by atoms with E-state index >= 15 is 0 Å². The van der Waals surface area contributed by atoms with Gasteiger partial charge < -0.3 is 25.4 Å². The van der Waals surface area contributed by atoms with E-state index in [1.54, 1.807) is 5.32 Å². The molecule has 0 bridgehead atoms. The van der Waals surface area contributed by atoms with Crippen LogP contribution in [0.4, 0.5) is 18.0 Å². The van der Waals surface area contributed by atoms with Gasteiger partial charge in [0.05, 0.1) is 19.8 Å². The predicted octanol–water partition coefficient (Wildman–Crippen LogP) is -1.01. The fourth-order valence-electron chi connectivity index (χ4n) is 0.669. The molecule has 0 aliphatic carbocycles. The smallest absolute Gasteiger partial charge is 0.422 e. The summed E-state index contributed by atoms with van der Waals surface area (Å²) >= 11 is 0. The second-order valence-corrected chi connectivity index (χ2v) is 3.07. The summed E-state index contributed by atoms with van der Waals surface area (Å²) in [7, 11) is 0. The fraction of sp³-hybridized carbons (Fsp3) is 0.857. The first-order valence-electron chi connectivity index (χ1n) is 4.13. The van der Waals surface area contributed by atoms with Crippen molar-refractivity contribution in [3.05, 3.63) is 0 Å². The molecule has 0 aromatic carbocycles. The van der Waals surface area contributed by atoms with Gasteiger partial charge in [0, 0.05) is 0 Å². The molecule has 16 heavy (non-hydrogen) atoms. The first-order chi connectivity index (χ1) is 7.28. The molecule has 0 aliphatic rings. The average molecular weight is 247 g/mol. The Balaban J connectivity index is 4.21. The maximum atomic E-state index is 11.6. The monoisotopic (exact) mass is 247 g/mol. The molecule has 9 heteroatoms. The van der Waals surface area contributed by atoms with Gasteiger partial charge in [-0.2, -0.15) is 13.2 Å². The van der Waals surface area contributed by atoms with E-state index in [0.717, 1.165) is 0 Å². The number of rotatable bonds is 5. The van der Waals surface area contributed by atoms with Gasteiger partial charge in [-0.1, -0.05) is 0 Å². The third kappa shape index (κ3) is 5.14. The number of halogens is 3. The molecule has 4 N–H and O–H groups in total. The number of carbonyl (C=O) groups excluding carboxylic acids is 1. The van der Waals surface area contributed by atoms with Crippen LogP contribution in [0.2, 0.25) is 0 Å². The first kappa shape index (κ1) is 14.9. The summed E-state index contributed by atoms with van der Waals surface area (Å²) in [6.07, 6.45) is -6.16. The lowest BCUT2D eigenvalue weighted by atomic mass is 10.0. The first-order valence-corrected chi connectivity index (χ1v) is 4.13. The van der Waals surface area contributed by atoms with E-state index < -0.39 is 44.2 Å². The van der Waals surface area contributed by atoms with Gasteiger partial charge >= 0.3 is 12.3 Å². The number of aliphatic hydroxyl groups excluding tert-OH is 3. The number of alkyl halides is 3. The van der Waals surface area contributed by atoms with Crippen LogP contribution in [0, 0.1) is 0 Å². The molecule has 0 saturated heterocycles. The summed E-state index contributed by atoms with van der Waals surface area (Å²) in [5, 5.41) is 28.0. The highest BCUT2D eigenvalue weighted by atomic mass is 19.4. The molecule has 1 amide bonds. The normalized spacial score (nSPS) is 12.4. The van der Waals surface area contributed by atoms with Gasteiger partial charge in [-0.3, -0.25) is 0 Å². The van der Waals surface area contributed by atoms with Crippen LogP contribution in [-0.4, -0.2) is 59.6 Å². The lowest BCUT2D eigenvalue weighted by Crippen LogP contribution is -2.57. The number of amides is 1. The van der Waals surface area contributed by atoms with Crippen LogP contribution in [-0.2, 0) is 4.74 Å². The molecule has 0 atom stereocenters. The highest BCUT2D eigenvalue weighted by molar-refractivity contribution is 5.68. The molecule has 0 heterocycles. The minimum Gasteiger partial charge on any atom is -0.440 e. The Kier molecular flexibility index (Phi) is 5.48. The Morgan fingerprint density at radius 2 is 1.56 bits per heavy atom. The van der Waals surface area contributed by atoms with Gasteiger partial charge in [0.25, 0.3) is 0 Å². The molecule has 0 fully saturated rings. The molecule has 0 spiro atoms. The van der Waals surface area contributed by atoms with Gasteiger partial charge in [-0.05, 0) is 0 Å². The largest absolute Gasteiger partial charge is 0.440 e. The molecule has 0 aliphatic heterocycles. The van der Waals surface area contributed by atoms with Crippen molar-refractivity contribution in [1.29, 1.82) is 0 Å². The summed E-state index contributed by atoms with van der Waals surface area (Å²) in [4.78, 5) is 10.8. The maximum absolute atomic E-state index is 11.6. The van der Waals surface area contributed by atoms with Crippen molar-refractivity contribution in [2.75, 3.05) is 26.4 Å². The van der Waals surface area contributed by atoms with Crippen molar-refractivity contribution in [1.82, 2.24) is 5.32 Å². The lowest BCUT2D eigenvalue weighted by molar-refractivity contribution is -0.161. The average Bonchev–Trinajstić information content (AvgIpc) is 2.22. The van der Waals surface area contributed by atoms with Crippen LogP contribution in [0.25, 0.3) is 0 Å². The molecule has 96 valence electrons. The predicted molar refractivity (Wildman–Crippen MR) is 44.5 cm³/mol. The van der Waals surface area contributed by atoms with Crippen molar-refractivity contribution < 1.29 is 38.0 Å². The minimum absolute atomic E-state index is 0.846. The summed E-state index contributed by atoms with van der Waals surface area (Å²) in [6.45, 7) is -4.33. The molecule has 0 saturated carbocycles. The summed E-state index contributed by atoms with van der Waals surface area (Å²) in [6, 6.07) is 0. The lowest BCUT2D eigenvalue weighted by Gasteiger charge is -2.28. The van der Waals surface area contributed by atoms with Crippen LogP contribution < -0.4 is 5.32 Å². The Morgan fingerprint density at radius 3 is 1.88 bits per heavy atom. The number of ether oxygens (including phenoxy) is 1. The number of nitrogens with one attached hydrogen (secondary N) is 1. The zero-order valence-electron chi connectivity index (χ0n) is 8.12. The van der Waals surface area contributed by atoms with Crippen molar-refractivity contribution in [2.24, 2.45) is 0 Å². The Bertz CT molecular complexity index is 220. The van der Waals surface area contributed by atoms with Gasteiger partial charge in [-0.15, -0.1) is 0 Å². The summed E-state index contributed by atoms with van der Waals surface area (Å²) < 4.78 is 38.7. The number of alkyl carbamates (subject to hydrolysis) is 1. The van der Waals surface area contributed by atoms with Crippen LogP contribution in [0.1, 0.15) is 0 Å². The Labute approximate surface area is 88.6 Å². The molecule has 0 unspecified atom stereocenters. The summed E-state index contributed by atoms with van der Waals surface area (Å²) in [5.41, 5.74) is -1.80. The van der Waals surface area contributed by atoms with Crippen molar-refractivity contribution in [2.45, 2.75) is 11.7 Å². The molecular weight excluding hydrogens is 235 g/mol. The Morgan fingerprint density at radius 1 is 1.12 bits per heavy atom. The highest BCUT2D eigenvalue weighted by Gasteiger charge is 2.33. The van der Waals surface area contributed by atoms with E-state index in [1.807, 2.05) is 0 Å². The van der Waals surface area contributed by atoms with Crippen molar-refractivity contribution in [3.8, 4) is 0 Å². The van der Waals surface area contributed by atoms with Gasteiger partial charge in [-0.25, -0.2) is 4.79 Å². The van der Waals surface area contributed by atoms with Gasteiger partial charge in [0.15, 0.2) is 6.61 Å². The SMILES string of the molecule is O=C(NC(CO)(CO)CO)OCC(F)(F)F. The zero-order chi connectivity index (χ0) is 12.8. The second kappa shape index (κ2) is 5.87. The van der Waals surface area contributed by atoms with E-state index in [4.69, 9.17) is 15.3 Å². The minimum atomic E-state index is -4.67.